The number of aliphatic imine (C=N–C) groups is 2. The summed E-state index contributed by atoms with van der Waals surface area (Å²) in [6.45, 7) is 10.1. The molecule has 0 aromatic carbocycles. The molecule has 1 amide bonds. The van der Waals surface area contributed by atoms with Crippen molar-refractivity contribution in [2.75, 3.05) is 34.4 Å². The number of amides is 1. The molecule has 0 aliphatic carbocycles. The van der Waals surface area contributed by atoms with Crippen LogP contribution >= 0.6 is 0 Å². The average Bonchev–Trinajstić information content (AvgIpc) is 3.15. The molecule has 0 aliphatic heterocycles. The molecule has 0 aliphatic rings. The lowest BCUT2D eigenvalue weighted by molar-refractivity contribution is 0.0893. The lowest BCUT2D eigenvalue weighted by Crippen LogP contribution is -2.28. The van der Waals surface area contributed by atoms with Crippen molar-refractivity contribution >= 4 is 29.0 Å². The Kier molecular flexibility index (Phi) is 11.9. The lowest BCUT2D eigenvalue weighted by Gasteiger charge is -2.08. The lowest BCUT2D eigenvalue weighted by atomic mass is 10.1. The van der Waals surface area contributed by atoms with Gasteiger partial charge in [0.25, 0.3) is 12.3 Å². The zero-order valence-electron chi connectivity index (χ0n) is 20.2. The Morgan fingerprint density at radius 3 is 2.67 bits per heavy atom. The van der Waals surface area contributed by atoms with Crippen LogP contribution in [0.1, 0.15) is 37.6 Å². The van der Waals surface area contributed by atoms with Gasteiger partial charge in [-0.15, -0.1) is 0 Å². The van der Waals surface area contributed by atoms with E-state index in [-0.39, 0.29) is 5.56 Å². The van der Waals surface area contributed by atoms with Crippen molar-refractivity contribution in [2.24, 2.45) is 9.98 Å². The topological polar surface area (TPSA) is 84.1 Å². The molecule has 2 heterocycles. The molecule has 2 aromatic rings. The van der Waals surface area contributed by atoms with Crippen molar-refractivity contribution in [2.45, 2.75) is 40.2 Å². The maximum absolute atomic E-state index is 12.5. The largest absolute Gasteiger partial charge is 0.495 e. The highest BCUT2D eigenvalue weighted by Gasteiger charge is 2.18. The molecular weight excluding hydrogens is 430 g/mol. The van der Waals surface area contributed by atoms with Gasteiger partial charge in [-0.3, -0.25) is 14.7 Å². The second-order valence-corrected chi connectivity index (χ2v) is 7.21. The van der Waals surface area contributed by atoms with Gasteiger partial charge in [0, 0.05) is 30.9 Å². The number of halogens is 2. The van der Waals surface area contributed by atoms with E-state index in [2.05, 4.69) is 26.9 Å². The van der Waals surface area contributed by atoms with E-state index in [1.807, 2.05) is 44.3 Å². The van der Waals surface area contributed by atoms with E-state index in [0.717, 1.165) is 11.3 Å². The minimum Gasteiger partial charge on any atom is -0.495 e. The van der Waals surface area contributed by atoms with E-state index in [1.165, 1.54) is 19.6 Å². The number of allylic oxidation sites excluding steroid dienone is 1. The molecule has 0 unspecified atom stereocenters. The fraction of sp³-hybridized carbons (Fsp3) is 0.478. The molecule has 0 spiro atoms. The van der Waals surface area contributed by atoms with Crippen molar-refractivity contribution in [3.05, 3.63) is 36.2 Å². The summed E-state index contributed by atoms with van der Waals surface area (Å²) in [7, 11) is 5.34. The summed E-state index contributed by atoms with van der Waals surface area (Å²) < 4.78 is 32.1. The van der Waals surface area contributed by atoms with Crippen molar-refractivity contribution in [3.63, 3.8) is 0 Å². The first-order chi connectivity index (χ1) is 15.7. The SMILES string of the molecule is C=C(C)C(CCn1cc(C(=O)NCC(F)F)c2ncc(OC)cc21)=N/C=N\CN(C)C.CC. The Morgan fingerprint density at radius 1 is 1.39 bits per heavy atom. The van der Waals surface area contributed by atoms with Crippen LogP contribution in [0.4, 0.5) is 8.78 Å². The Labute approximate surface area is 194 Å². The highest BCUT2D eigenvalue weighted by Crippen LogP contribution is 2.24. The fourth-order valence-corrected chi connectivity index (χ4v) is 2.80. The maximum Gasteiger partial charge on any atom is 0.255 e. The summed E-state index contributed by atoms with van der Waals surface area (Å²) in [4.78, 5) is 27.2. The number of rotatable bonds is 11. The number of hydrogen-bond acceptors (Lipinski definition) is 5. The zero-order chi connectivity index (χ0) is 25.0. The Balaban J connectivity index is 0.00000265. The van der Waals surface area contributed by atoms with Crippen molar-refractivity contribution in [1.29, 1.82) is 0 Å². The van der Waals surface area contributed by atoms with E-state index in [0.29, 0.717) is 36.4 Å². The molecule has 0 bridgehead atoms. The summed E-state index contributed by atoms with van der Waals surface area (Å²) >= 11 is 0. The number of hydrogen-bond donors (Lipinski definition) is 1. The maximum atomic E-state index is 12.5. The standard InChI is InChI=1S/C21H28F2N6O2.C2H6/c1-14(2)17(27-12-24-13-28(3)4)6-7-29-11-16(21(30)26-10-19(22)23)20-18(29)8-15(31-5)9-25-20;1-2/h8-9,11-12,19H,1,6-7,10,13H2,2-5H3,(H,26,30);1-2H3/b24-12-,27-17?;. The molecular formula is C23H34F2N6O2. The van der Waals surface area contributed by atoms with E-state index in [1.54, 1.807) is 12.3 Å². The van der Waals surface area contributed by atoms with Crippen LogP contribution in [0.15, 0.2) is 40.6 Å². The Hall–Kier alpha value is -3.14. The van der Waals surface area contributed by atoms with Gasteiger partial charge in [0.1, 0.15) is 17.6 Å². The monoisotopic (exact) mass is 464 g/mol. The second kappa shape index (κ2) is 14.1. The van der Waals surface area contributed by atoms with E-state index < -0.39 is 18.9 Å². The van der Waals surface area contributed by atoms with Crippen LogP contribution in [0.2, 0.25) is 0 Å². The second-order valence-electron chi connectivity index (χ2n) is 7.21. The number of carbonyl (C=O) groups is 1. The number of nitrogens with one attached hydrogen (secondary N) is 1. The summed E-state index contributed by atoms with van der Waals surface area (Å²) in [6, 6.07) is 1.75. The average molecular weight is 465 g/mol. The normalized spacial score (nSPS) is 11.8. The van der Waals surface area contributed by atoms with Crippen molar-refractivity contribution < 1.29 is 18.3 Å². The molecule has 10 heteroatoms. The van der Waals surface area contributed by atoms with Crippen molar-refractivity contribution in [1.82, 2.24) is 19.8 Å². The van der Waals surface area contributed by atoms with E-state index in [9.17, 15) is 13.6 Å². The van der Waals surface area contributed by atoms with Crippen LogP contribution in [0, 0.1) is 0 Å². The van der Waals surface area contributed by atoms with Crippen molar-refractivity contribution in [3.8, 4) is 5.75 Å². The molecule has 0 radical (unpaired) electrons. The minimum atomic E-state index is -2.63. The van der Waals surface area contributed by atoms with Gasteiger partial charge in [0.05, 0.1) is 37.6 Å². The van der Waals surface area contributed by atoms with Crippen LogP contribution in [0.3, 0.4) is 0 Å². The molecule has 1 N–H and O–H groups in total. The number of aromatic nitrogens is 2. The number of methoxy groups -OCH3 is 1. The number of nitrogens with zero attached hydrogens (tertiary/aromatic N) is 5. The van der Waals surface area contributed by atoms with Gasteiger partial charge in [-0.05, 0) is 26.6 Å². The van der Waals surface area contributed by atoms with Crippen LogP contribution in [0.5, 0.6) is 5.75 Å². The minimum absolute atomic E-state index is 0.222. The van der Waals surface area contributed by atoms with Crippen LogP contribution < -0.4 is 10.1 Å². The van der Waals surface area contributed by atoms with Gasteiger partial charge in [0.2, 0.25) is 0 Å². The highest BCUT2D eigenvalue weighted by molar-refractivity contribution is 6.06. The molecule has 0 saturated heterocycles. The number of pyridine rings is 1. The zero-order valence-corrected chi connectivity index (χ0v) is 20.2. The number of fused-ring (bicyclic) bond motifs is 1. The number of aryl methyl sites for hydroxylation is 1. The van der Waals surface area contributed by atoms with Gasteiger partial charge >= 0.3 is 0 Å². The smallest absolute Gasteiger partial charge is 0.255 e. The van der Waals surface area contributed by atoms with Gasteiger partial charge in [0.15, 0.2) is 0 Å². The van der Waals surface area contributed by atoms with Gasteiger partial charge in [-0.2, -0.15) is 0 Å². The molecule has 182 valence electrons. The van der Waals surface area contributed by atoms with Gasteiger partial charge in [-0.25, -0.2) is 18.8 Å². The molecule has 0 fully saturated rings. The molecule has 2 rings (SSSR count). The highest BCUT2D eigenvalue weighted by atomic mass is 19.3. The third-order valence-corrected chi connectivity index (χ3v) is 4.33. The number of alkyl halides is 2. The summed E-state index contributed by atoms with van der Waals surface area (Å²) in [5, 5.41) is 2.23. The quantitative estimate of drug-likeness (QED) is 0.402. The first kappa shape index (κ1) is 27.9. The van der Waals surface area contributed by atoms with Gasteiger partial charge < -0.3 is 14.6 Å². The summed E-state index contributed by atoms with van der Waals surface area (Å²) in [5.41, 5.74) is 2.86. The van der Waals surface area contributed by atoms with Gasteiger partial charge in [-0.1, -0.05) is 20.4 Å². The molecule has 0 atom stereocenters. The molecule has 8 nitrogen and oxygen atoms in total. The first-order valence-electron chi connectivity index (χ1n) is 10.7. The van der Waals surface area contributed by atoms with Crippen LogP contribution in [-0.2, 0) is 6.54 Å². The first-order valence-corrected chi connectivity index (χ1v) is 10.7. The van der Waals surface area contributed by atoms with E-state index >= 15 is 0 Å². The molecule has 33 heavy (non-hydrogen) atoms. The van der Waals surface area contributed by atoms with Crippen LogP contribution in [-0.4, -0.2) is 73.3 Å². The number of carbonyl (C=O) groups excluding carboxylic acids is 1. The number of ether oxygens (including phenoxy) is 1. The summed E-state index contributed by atoms with van der Waals surface area (Å²) in [6.07, 6.45) is 2.49. The third kappa shape index (κ3) is 8.72. The summed E-state index contributed by atoms with van der Waals surface area (Å²) in [5.74, 6) is -0.0812. The molecule has 0 saturated carbocycles. The predicted octanol–water partition coefficient (Wildman–Crippen LogP) is 4.02. The Morgan fingerprint density at radius 2 is 2.09 bits per heavy atom. The predicted molar refractivity (Wildman–Crippen MR) is 130 cm³/mol. The molecule has 2 aromatic heterocycles. The fourth-order valence-electron chi connectivity index (χ4n) is 2.80. The Bertz CT molecular complexity index is 983. The van der Waals surface area contributed by atoms with E-state index in [4.69, 9.17) is 4.74 Å². The van der Waals surface area contributed by atoms with Crippen LogP contribution in [0.25, 0.3) is 11.0 Å². The third-order valence-electron chi connectivity index (χ3n) is 4.33.